The van der Waals surface area contributed by atoms with Gasteiger partial charge in [0.05, 0.1) is 11.1 Å². The van der Waals surface area contributed by atoms with Crippen LogP contribution >= 0.6 is 0 Å². The van der Waals surface area contributed by atoms with Crippen LogP contribution in [-0.4, -0.2) is 5.97 Å². The summed E-state index contributed by atoms with van der Waals surface area (Å²) in [5, 5.41) is 8.77. The molecule has 5 heteroatoms. The maximum Gasteiger partial charge on any atom is 0.346 e. The third-order valence-corrected chi connectivity index (χ3v) is 5.25. The van der Waals surface area contributed by atoms with Crippen molar-refractivity contribution in [3.05, 3.63) is 88.0 Å². The van der Waals surface area contributed by atoms with Crippen LogP contribution in [0.3, 0.4) is 0 Å². The van der Waals surface area contributed by atoms with Crippen LogP contribution in [0.2, 0.25) is 0 Å². The first-order valence-electron chi connectivity index (χ1n) is 9.37. The number of hydrogen-bond acceptors (Lipinski definition) is 3. The van der Waals surface area contributed by atoms with Crippen LogP contribution in [-0.2, 0) is 19.3 Å². The van der Waals surface area contributed by atoms with Crippen molar-refractivity contribution in [2.24, 2.45) is 0 Å². The maximum absolute atomic E-state index is 15.1. The third-order valence-electron chi connectivity index (χ3n) is 5.25. The minimum atomic E-state index is -0.901. The van der Waals surface area contributed by atoms with Crippen LogP contribution < -0.4 is 4.74 Å². The summed E-state index contributed by atoms with van der Waals surface area (Å²) in [6.45, 7) is 2.09. The number of nitriles is 1. The fourth-order valence-electron chi connectivity index (χ4n) is 3.68. The van der Waals surface area contributed by atoms with E-state index in [0.29, 0.717) is 18.4 Å². The van der Waals surface area contributed by atoms with Gasteiger partial charge in [-0.15, -0.1) is 0 Å². The van der Waals surface area contributed by atoms with Gasteiger partial charge >= 0.3 is 5.97 Å². The van der Waals surface area contributed by atoms with E-state index in [0.717, 1.165) is 23.6 Å². The number of carbonyl (C=O) groups is 1. The number of hydrogen-bond donors (Lipinski definition) is 0. The maximum atomic E-state index is 15.1. The molecule has 29 heavy (non-hydrogen) atoms. The normalized spacial score (nSPS) is 11.9. The average molecular weight is 389 g/mol. The predicted octanol–water partition coefficient (Wildman–Crippen LogP) is 5.38. The van der Waals surface area contributed by atoms with E-state index >= 15 is 4.39 Å². The number of ether oxygens (including phenoxy) is 1. The largest absolute Gasteiger partial charge is 0.423 e. The summed E-state index contributed by atoms with van der Waals surface area (Å²) >= 11 is 0. The molecule has 3 aromatic carbocycles. The second kappa shape index (κ2) is 7.48. The van der Waals surface area contributed by atoms with E-state index in [1.807, 2.05) is 12.1 Å². The molecule has 1 aliphatic carbocycles. The molecule has 0 aromatic heterocycles. The zero-order chi connectivity index (χ0) is 20.5. The number of aryl methyl sites for hydroxylation is 2. The van der Waals surface area contributed by atoms with Gasteiger partial charge in [-0.1, -0.05) is 31.2 Å². The summed E-state index contributed by atoms with van der Waals surface area (Å²) in [5.41, 5.74) is 4.32. The molecule has 3 nitrogen and oxygen atoms in total. The van der Waals surface area contributed by atoms with Gasteiger partial charge in [0.25, 0.3) is 0 Å². The van der Waals surface area contributed by atoms with Gasteiger partial charge < -0.3 is 4.74 Å². The molecular formula is C24H17F2NO2. The number of nitrogens with zero attached hydrogens (tertiary/aromatic N) is 1. The Morgan fingerprint density at radius 3 is 2.59 bits per heavy atom. The molecule has 0 radical (unpaired) electrons. The molecule has 0 fully saturated rings. The Morgan fingerprint density at radius 1 is 1.07 bits per heavy atom. The summed E-state index contributed by atoms with van der Waals surface area (Å²) < 4.78 is 34.0. The summed E-state index contributed by atoms with van der Waals surface area (Å²) in [6, 6.07) is 14.5. The van der Waals surface area contributed by atoms with Crippen LogP contribution in [0.4, 0.5) is 8.78 Å². The average Bonchev–Trinajstić information content (AvgIpc) is 2.73. The van der Waals surface area contributed by atoms with Crippen LogP contribution in [0.15, 0.2) is 48.5 Å². The van der Waals surface area contributed by atoms with Gasteiger partial charge in [0, 0.05) is 6.07 Å². The standard InChI is InChI=1S/C24H17F2NO2/c1-2-14-3-7-18-15(11-14)5-8-20-19(18)9-10-21(23(20)26)24(28)29-17-6-4-16(13-27)22(25)12-17/h3-4,6-7,9-12H,2,5,8H2,1H3. The van der Waals surface area contributed by atoms with Gasteiger partial charge in [-0.3, -0.25) is 0 Å². The molecule has 1 aliphatic rings. The Bertz CT molecular complexity index is 1180. The van der Waals surface area contributed by atoms with Crippen LogP contribution in [0.25, 0.3) is 11.1 Å². The van der Waals surface area contributed by atoms with Gasteiger partial charge in [-0.05, 0) is 65.3 Å². The monoisotopic (exact) mass is 389 g/mol. The quantitative estimate of drug-likeness (QED) is 0.446. The lowest BCUT2D eigenvalue weighted by Crippen LogP contribution is -2.15. The molecule has 0 spiro atoms. The van der Waals surface area contributed by atoms with Crippen molar-refractivity contribution in [1.82, 2.24) is 0 Å². The van der Waals surface area contributed by atoms with E-state index in [1.165, 1.54) is 29.3 Å². The Kier molecular flexibility index (Phi) is 4.85. The second-order valence-corrected chi connectivity index (χ2v) is 6.94. The van der Waals surface area contributed by atoms with Gasteiger partial charge in [0.1, 0.15) is 23.5 Å². The molecule has 0 aliphatic heterocycles. The van der Waals surface area contributed by atoms with Gasteiger partial charge in [-0.2, -0.15) is 5.26 Å². The molecule has 0 saturated carbocycles. The summed E-state index contributed by atoms with van der Waals surface area (Å²) in [6.07, 6.45) is 2.13. The Balaban J connectivity index is 1.66. The fraction of sp³-hybridized carbons (Fsp3) is 0.167. The van der Waals surface area contributed by atoms with Crippen LogP contribution in [0, 0.1) is 23.0 Å². The van der Waals surface area contributed by atoms with E-state index in [2.05, 4.69) is 13.0 Å². The SMILES string of the molecule is CCc1ccc2c(c1)CCc1c-2ccc(C(=O)Oc2ccc(C#N)c(F)c2)c1F. The van der Waals surface area contributed by atoms with Crippen LogP contribution in [0.5, 0.6) is 5.75 Å². The number of rotatable bonds is 3. The smallest absolute Gasteiger partial charge is 0.346 e. The van der Waals surface area contributed by atoms with Gasteiger partial charge in [0.2, 0.25) is 0 Å². The minimum absolute atomic E-state index is 0.0824. The van der Waals surface area contributed by atoms with Crippen molar-refractivity contribution < 1.29 is 18.3 Å². The third kappa shape index (κ3) is 3.38. The summed E-state index contributed by atoms with van der Waals surface area (Å²) in [4.78, 5) is 12.5. The molecule has 0 N–H and O–H groups in total. The van der Waals surface area contributed by atoms with Crippen molar-refractivity contribution in [2.45, 2.75) is 26.2 Å². The number of fused-ring (bicyclic) bond motifs is 3. The van der Waals surface area contributed by atoms with Gasteiger partial charge in [-0.25, -0.2) is 13.6 Å². The highest BCUT2D eigenvalue weighted by atomic mass is 19.1. The molecule has 0 atom stereocenters. The Morgan fingerprint density at radius 2 is 1.86 bits per heavy atom. The molecule has 144 valence electrons. The number of halogens is 2. The Labute approximate surface area is 167 Å². The molecule has 4 rings (SSSR count). The van der Waals surface area contributed by atoms with E-state index in [9.17, 15) is 9.18 Å². The minimum Gasteiger partial charge on any atom is -0.423 e. The molecule has 0 bridgehead atoms. The highest BCUT2D eigenvalue weighted by Gasteiger charge is 2.24. The van der Waals surface area contributed by atoms with Crippen molar-refractivity contribution in [2.75, 3.05) is 0 Å². The highest BCUT2D eigenvalue weighted by Crippen LogP contribution is 2.36. The Hall–Kier alpha value is -3.52. The van der Waals surface area contributed by atoms with E-state index in [-0.39, 0.29) is 16.9 Å². The van der Waals surface area contributed by atoms with E-state index in [4.69, 9.17) is 10.00 Å². The molecule has 0 heterocycles. The van der Waals surface area contributed by atoms with Crippen molar-refractivity contribution in [1.29, 1.82) is 5.26 Å². The first kappa shape index (κ1) is 18.8. The highest BCUT2D eigenvalue weighted by molar-refractivity contribution is 5.93. The van der Waals surface area contributed by atoms with Crippen molar-refractivity contribution in [3.8, 4) is 22.9 Å². The first-order valence-corrected chi connectivity index (χ1v) is 9.37. The first-order chi connectivity index (χ1) is 14.0. The second-order valence-electron chi connectivity index (χ2n) is 6.94. The zero-order valence-corrected chi connectivity index (χ0v) is 15.8. The molecule has 0 unspecified atom stereocenters. The summed E-state index contributed by atoms with van der Waals surface area (Å²) in [5.74, 6) is -2.39. The lowest BCUT2D eigenvalue weighted by molar-refractivity contribution is 0.0729. The van der Waals surface area contributed by atoms with Gasteiger partial charge in [0.15, 0.2) is 0 Å². The van der Waals surface area contributed by atoms with E-state index in [1.54, 1.807) is 12.1 Å². The van der Waals surface area contributed by atoms with E-state index < -0.39 is 17.6 Å². The number of esters is 1. The zero-order valence-electron chi connectivity index (χ0n) is 15.8. The number of carbonyl (C=O) groups excluding carboxylic acids is 1. The summed E-state index contributed by atoms with van der Waals surface area (Å²) in [7, 11) is 0. The predicted molar refractivity (Wildman–Crippen MR) is 105 cm³/mol. The van der Waals surface area contributed by atoms with Crippen molar-refractivity contribution in [3.63, 3.8) is 0 Å². The fourth-order valence-corrected chi connectivity index (χ4v) is 3.68. The topological polar surface area (TPSA) is 50.1 Å². The molecular weight excluding hydrogens is 372 g/mol. The van der Waals surface area contributed by atoms with Crippen molar-refractivity contribution >= 4 is 5.97 Å². The molecule has 3 aromatic rings. The van der Waals surface area contributed by atoms with Crippen LogP contribution in [0.1, 0.15) is 39.5 Å². The molecule has 0 saturated heterocycles. The lowest BCUT2D eigenvalue weighted by Gasteiger charge is -2.22. The molecule has 0 amide bonds. The number of benzene rings is 3. The lowest BCUT2D eigenvalue weighted by atomic mass is 9.83.